The fraction of sp³-hybridized carbons (Fsp3) is 0.368. The summed E-state index contributed by atoms with van der Waals surface area (Å²) in [5.74, 6) is -0.309. The minimum Gasteiger partial charge on any atom is -0.354 e. The molecule has 0 aromatic heterocycles. The van der Waals surface area contributed by atoms with Crippen molar-refractivity contribution >= 4 is 52.1 Å². The van der Waals surface area contributed by atoms with Crippen molar-refractivity contribution in [2.45, 2.75) is 19.3 Å². The lowest BCUT2D eigenvalue weighted by atomic mass is 10.2. The first kappa shape index (κ1) is 19.6. The molecular formula is C19H21N3O3S2. The summed E-state index contributed by atoms with van der Waals surface area (Å²) < 4.78 is 0.389. The van der Waals surface area contributed by atoms with Gasteiger partial charge in [0.1, 0.15) is 10.9 Å². The molecule has 0 radical (unpaired) electrons. The number of hydrogen-bond donors (Lipinski definition) is 1. The van der Waals surface area contributed by atoms with Gasteiger partial charge < -0.3 is 10.2 Å². The Morgan fingerprint density at radius 3 is 2.74 bits per heavy atom. The molecule has 1 N–H and O–H groups in total. The number of nitrogens with zero attached hydrogens (tertiary/aromatic N) is 2. The summed E-state index contributed by atoms with van der Waals surface area (Å²) in [6.07, 6.45) is 4.02. The van der Waals surface area contributed by atoms with Crippen LogP contribution in [0, 0.1) is 0 Å². The minimum absolute atomic E-state index is 0.0839. The van der Waals surface area contributed by atoms with Gasteiger partial charge in [0.15, 0.2) is 0 Å². The molecule has 6 nitrogen and oxygen atoms in total. The van der Waals surface area contributed by atoms with Gasteiger partial charge in [0.25, 0.3) is 5.91 Å². The van der Waals surface area contributed by atoms with Crippen molar-refractivity contribution in [2.24, 2.45) is 0 Å². The van der Waals surface area contributed by atoms with Gasteiger partial charge in [-0.1, -0.05) is 54.3 Å². The average molecular weight is 404 g/mol. The monoisotopic (exact) mass is 403 g/mol. The van der Waals surface area contributed by atoms with Gasteiger partial charge in [0.2, 0.25) is 11.8 Å². The van der Waals surface area contributed by atoms with E-state index in [2.05, 4.69) is 5.32 Å². The van der Waals surface area contributed by atoms with Crippen LogP contribution in [0.4, 0.5) is 0 Å². The van der Waals surface area contributed by atoms with Crippen molar-refractivity contribution in [3.63, 3.8) is 0 Å². The molecule has 8 heteroatoms. The van der Waals surface area contributed by atoms with E-state index in [-0.39, 0.29) is 24.3 Å². The Bertz CT molecular complexity index is 780. The minimum atomic E-state index is -0.250. The van der Waals surface area contributed by atoms with Crippen molar-refractivity contribution in [3.8, 4) is 0 Å². The number of nitrogens with one attached hydrogen (secondary N) is 1. The summed E-state index contributed by atoms with van der Waals surface area (Å²) in [5.41, 5.74) is 0.916. The van der Waals surface area contributed by atoms with Crippen LogP contribution < -0.4 is 5.32 Å². The van der Waals surface area contributed by atoms with Crippen LogP contribution >= 0.6 is 24.0 Å². The second-order valence-corrected chi connectivity index (χ2v) is 8.04. The van der Waals surface area contributed by atoms with Gasteiger partial charge in [-0.05, 0) is 24.5 Å². The molecule has 0 bridgehead atoms. The van der Waals surface area contributed by atoms with Crippen LogP contribution in [-0.4, -0.2) is 58.0 Å². The number of likely N-dealkylation sites (tertiary alicyclic amines) is 1. The summed E-state index contributed by atoms with van der Waals surface area (Å²) in [4.78, 5) is 39.9. The third-order valence-corrected chi connectivity index (χ3v) is 5.75. The molecule has 0 unspecified atom stereocenters. The smallest absolute Gasteiger partial charge is 0.266 e. The lowest BCUT2D eigenvalue weighted by Crippen LogP contribution is -2.40. The van der Waals surface area contributed by atoms with Crippen molar-refractivity contribution in [1.29, 1.82) is 0 Å². The van der Waals surface area contributed by atoms with Gasteiger partial charge in [-0.25, -0.2) is 0 Å². The molecule has 3 rings (SSSR count). The third-order valence-electron chi connectivity index (χ3n) is 4.37. The highest BCUT2D eigenvalue weighted by Crippen LogP contribution is 2.32. The first-order valence-corrected chi connectivity index (χ1v) is 10.1. The summed E-state index contributed by atoms with van der Waals surface area (Å²) in [6, 6.07) is 9.52. The lowest BCUT2D eigenvalue weighted by Gasteiger charge is -2.16. The summed E-state index contributed by atoms with van der Waals surface area (Å²) >= 11 is 6.46. The summed E-state index contributed by atoms with van der Waals surface area (Å²) in [6.45, 7) is 1.84. The Morgan fingerprint density at radius 2 is 2.04 bits per heavy atom. The molecule has 1 aromatic rings. The van der Waals surface area contributed by atoms with E-state index in [4.69, 9.17) is 12.2 Å². The molecule has 3 amide bonds. The van der Waals surface area contributed by atoms with Gasteiger partial charge >= 0.3 is 0 Å². The van der Waals surface area contributed by atoms with Gasteiger partial charge in [-0.3, -0.25) is 19.3 Å². The number of hydrogen-bond acceptors (Lipinski definition) is 5. The molecule has 0 saturated carbocycles. The van der Waals surface area contributed by atoms with Crippen molar-refractivity contribution in [3.05, 3.63) is 40.8 Å². The number of carbonyl (C=O) groups excluding carboxylic acids is 3. The largest absolute Gasteiger partial charge is 0.354 e. The number of carbonyl (C=O) groups is 3. The van der Waals surface area contributed by atoms with E-state index in [1.165, 1.54) is 16.7 Å². The summed E-state index contributed by atoms with van der Waals surface area (Å²) in [5, 5.41) is 2.79. The number of thiocarbonyl (C=S) groups is 1. The molecule has 2 heterocycles. The van der Waals surface area contributed by atoms with Crippen LogP contribution in [0.5, 0.6) is 0 Å². The Hall–Kier alpha value is -2.19. The highest BCUT2D eigenvalue weighted by molar-refractivity contribution is 8.26. The molecule has 2 saturated heterocycles. The number of rotatable bonds is 7. The van der Waals surface area contributed by atoms with Gasteiger partial charge in [0, 0.05) is 26.1 Å². The van der Waals surface area contributed by atoms with E-state index in [1.807, 2.05) is 35.2 Å². The molecule has 2 aliphatic rings. The molecule has 0 spiro atoms. The second-order valence-electron chi connectivity index (χ2n) is 6.37. The maximum absolute atomic E-state index is 12.5. The fourth-order valence-corrected chi connectivity index (χ4v) is 4.23. The summed E-state index contributed by atoms with van der Waals surface area (Å²) in [7, 11) is 0. The maximum atomic E-state index is 12.5. The van der Waals surface area contributed by atoms with E-state index in [0.29, 0.717) is 35.2 Å². The highest BCUT2D eigenvalue weighted by atomic mass is 32.2. The lowest BCUT2D eigenvalue weighted by molar-refractivity contribution is -0.129. The van der Waals surface area contributed by atoms with Crippen LogP contribution in [0.15, 0.2) is 35.2 Å². The van der Waals surface area contributed by atoms with Crippen molar-refractivity contribution in [1.82, 2.24) is 15.1 Å². The van der Waals surface area contributed by atoms with E-state index in [9.17, 15) is 14.4 Å². The van der Waals surface area contributed by atoms with Crippen LogP contribution in [0.3, 0.4) is 0 Å². The Kier molecular flexibility index (Phi) is 6.63. The average Bonchev–Trinajstić information content (AvgIpc) is 3.18. The van der Waals surface area contributed by atoms with Crippen LogP contribution in [0.1, 0.15) is 24.8 Å². The van der Waals surface area contributed by atoms with Crippen LogP contribution in [0.2, 0.25) is 0 Å². The first-order valence-electron chi connectivity index (χ1n) is 8.89. The predicted octanol–water partition coefficient (Wildman–Crippen LogP) is 2.02. The van der Waals surface area contributed by atoms with E-state index in [1.54, 1.807) is 6.08 Å². The van der Waals surface area contributed by atoms with E-state index in [0.717, 1.165) is 18.5 Å². The molecule has 27 heavy (non-hydrogen) atoms. The Morgan fingerprint density at radius 1 is 1.26 bits per heavy atom. The van der Waals surface area contributed by atoms with Gasteiger partial charge in [-0.2, -0.15) is 0 Å². The highest BCUT2D eigenvalue weighted by Gasteiger charge is 2.33. The normalized spacial score (nSPS) is 18.7. The van der Waals surface area contributed by atoms with Crippen LogP contribution in [0.25, 0.3) is 6.08 Å². The molecule has 2 aliphatic heterocycles. The number of amides is 3. The topological polar surface area (TPSA) is 69.7 Å². The fourth-order valence-electron chi connectivity index (χ4n) is 2.97. The Balaban J connectivity index is 1.46. The molecule has 2 fully saturated rings. The maximum Gasteiger partial charge on any atom is 0.266 e. The zero-order valence-corrected chi connectivity index (χ0v) is 16.5. The molecular weight excluding hydrogens is 382 g/mol. The molecule has 1 aromatic carbocycles. The van der Waals surface area contributed by atoms with E-state index >= 15 is 0 Å². The number of benzene rings is 1. The molecule has 0 atom stereocenters. The standard InChI is InChI=1S/C19H21N3O3S2/c23-16(20-9-5-11-21-10-4-8-17(21)24)13-22-18(25)15(27-19(22)26)12-14-6-2-1-3-7-14/h1-3,6-7,12H,4-5,8-11,13H2,(H,20,23)/b15-12+. The Labute approximate surface area is 168 Å². The predicted molar refractivity (Wildman–Crippen MR) is 110 cm³/mol. The van der Waals surface area contributed by atoms with Crippen molar-refractivity contribution in [2.75, 3.05) is 26.2 Å². The van der Waals surface area contributed by atoms with Crippen molar-refractivity contribution < 1.29 is 14.4 Å². The SMILES string of the molecule is O=C(CN1C(=O)/C(=C\c2ccccc2)SC1=S)NCCCN1CCCC1=O. The third kappa shape index (κ3) is 5.17. The zero-order chi connectivity index (χ0) is 19.2. The van der Waals surface area contributed by atoms with Crippen LogP contribution in [-0.2, 0) is 14.4 Å². The second kappa shape index (κ2) is 9.14. The zero-order valence-electron chi connectivity index (χ0n) is 14.8. The van der Waals surface area contributed by atoms with Gasteiger partial charge in [0.05, 0.1) is 4.91 Å². The molecule has 0 aliphatic carbocycles. The van der Waals surface area contributed by atoms with E-state index < -0.39 is 0 Å². The molecule has 142 valence electrons. The first-order chi connectivity index (χ1) is 13.0. The van der Waals surface area contributed by atoms with Gasteiger partial charge in [-0.15, -0.1) is 0 Å². The quantitative estimate of drug-likeness (QED) is 0.429. The number of thioether (sulfide) groups is 1.